The van der Waals surface area contributed by atoms with Gasteiger partial charge in [0.1, 0.15) is 6.04 Å². The van der Waals surface area contributed by atoms with Gasteiger partial charge in [-0.3, -0.25) is 9.59 Å². The molecule has 5 nitrogen and oxygen atoms in total. The molecule has 2 aromatic rings. The third-order valence-electron chi connectivity index (χ3n) is 4.88. The minimum absolute atomic E-state index is 0.0264. The molecule has 0 spiro atoms. The van der Waals surface area contributed by atoms with Crippen LogP contribution in [0, 0.1) is 5.92 Å². The van der Waals surface area contributed by atoms with E-state index >= 15 is 0 Å². The van der Waals surface area contributed by atoms with Gasteiger partial charge in [-0.15, -0.1) is 0 Å². The van der Waals surface area contributed by atoms with Crippen LogP contribution < -0.4 is 15.5 Å². The van der Waals surface area contributed by atoms with Crippen LogP contribution in [-0.4, -0.2) is 30.9 Å². The molecule has 3 rings (SSSR count). The van der Waals surface area contributed by atoms with Crippen molar-refractivity contribution in [1.82, 2.24) is 5.32 Å². The molecule has 27 heavy (non-hydrogen) atoms. The van der Waals surface area contributed by atoms with Crippen molar-refractivity contribution in [2.24, 2.45) is 5.92 Å². The Balaban J connectivity index is 1.63. The first kappa shape index (κ1) is 19.0. The summed E-state index contributed by atoms with van der Waals surface area (Å²) in [6, 6.07) is 16.3. The molecule has 0 saturated carbocycles. The van der Waals surface area contributed by atoms with Gasteiger partial charge in [-0.25, -0.2) is 0 Å². The molecular formula is C22H27N3O2. The van der Waals surface area contributed by atoms with Gasteiger partial charge in [0.2, 0.25) is 5.91 Å². The Morgan fingerprint density at radius 3 is 2.15 bits per heavy atom. The van der Waals surface area contributed by atoms with E-state index in [9.17, 15) is 9.59 Å². The van der Waals surface area contributed by atoms with E-state index in [4.69, 9.17) is 0 Å². The molecule has 2 amide bonds. The minimum Gasteiger partial charge on any atom is -0.372 e. The zero-order chi connectivity index (χ0) is 19.2. The average Bonchev–Trinajstić information content (AvgIpc) is 3.21. The third-order valence-corrected chi connectivity index (χ3v) is 4.88. The number of amides is 2. The number of anilines is 2. The molecule has 1 unspecified atom stereocenters. The smallest absolute Gasteiger partial charge is 0.251 e. The van der Waals surface area contributed by atoms with E-state index in [1.54, 1.807) is 24.3 Å². The van der Waals surface area contributed by atoms with Crippen molar-refractivity contribution >= 4 is 23.2 Å². The minimum atomic E-state index is -0.601. The van der Waals surface area contributed by atoms with Crippen molar-refractivity contribution in [3.05, 3.63) is 60.2 Å². The first-order chi connectivity index (χ1) is 13.0. The second-order valence-corrected chi connectivity index (χ2v) is 7.29. The lowest BCUT2D eigenvalue weighted by Crippen LogP contribution is -2.47. The molecule has 5 heteroatoms. The topological polar surface area (TPSA) is 61.4 Å². The fourth-order valence-electron chi connectivity index (χ4n) is 3.30. The van der Waals surface area contributed by atoms with Crippen molar-refractivity contribution in [2.45, 2.75) is 32.7 Å². The van der Waals surface area contributed by atoms with Crippen LogP contribution in [-0.2, 0) is 4.79 Å². The summed E-state index contributed by atoms with van der Waals surface area (Å²) in [5, 5.41) is 5.78. The number of hydrogen-bond acceptors (Lipinski definition) is 3. The molecule has 0 radical (unpaired) electrons. The van der Waals surface area contributed by atoms with Crippen molar-refractivity contribution < 1.29 is 9.59 Å². The number of nitrogens with zero attached hydrogens (tertiary/aromatic N) is 1. The summed E-state index contributed by atoms with van der Waals surface area (Å²) in [7, 11) is 0. The molecule has 0 bridgehead atoms. The third kappa shape index (κ3) is 4.88. The zero-order valence-corrected chi connectivity index (χ0v) is 15.9. The Morgan fingerprint density at radius 1 is 0.926 bits per heavy atom. The van der Waals surface area contributed by atoms with Gasteiger partial charge in [0.05, 0.1) is 0 Å². The second-order valence-electron chi connectivity index (χ2n) is 7.29. The van der Waals surface area contributed by atoms with Crippen molar-refractivity contribution in [2.75, 3.05) is 23.3 Å². The lowest BCUT2D eigenvalue weighted by Gasteiger charge is -2.22. The highest BCUT2D eigenvalue weighted by atomic mass is 16.2. The maximum atomic E-state index is 12.7. The summed E-state index contributed by atoms with van der Waals surface area (Å²) in [5.41, 5.74) is 2.47. The quantitative estimate of drug-likeness (QED) is 0.821. The molecule has 1 aliphatic heterocycles. The van der Waals surface area contributed by atoms with E-state index in [2.05, 4.69) is 15.5 Å². The number of carbonyl (C=O) groups excluding carboxylic acids is 2. The first-order valence-electron chi connectivity index (χ1n) is 9.56. The molecule has 0 aliphatic carbocycles. The zero-order valence-electron chi connectivity index (χ0n) is 15.9. The number of hydrogen-bond donors (Lipinski definition) is 2. The van der Waals surface area contributed by atoms with Crippen LogP contribution in [0.2, 0.25) is 0 Å². The highest BCUT2D eigenvalue weighted by molar-refractivity contribution is 6.01. The first-order valence-corrected chi connectivity index (χ1v) is 9.56. The summed E-state index contributed by atoms with van der Waals surface area (Å²) < 4.78 is 0. The van der Waals surface area contributed by atoms with E-state index in [0.29, 0.717) is 5.56 Å². The molecule has 2 aromatic carbocycles. The second kappa shape index (κ2) is 8.71. The summed E-state index contributed by atoms with van der Waals surface area (Å²) in [6.07, 6.45) is 2.46. The standard InChI is InChI=1S/C22H27N3O2/c1-16(2)20(24-21(26)17-8-4-3-5-9-17)22(27)23-18-10-12-19(13-11-18)25-14-6-7-15-25/h3-5,8-13,16,20H,6-7,14-15H2,1-2H3,(H,23,27)(H,24,26). The molecule has 0 aromatic heterocycles. The Kier molecular flexibility index (Phi) is 6.12. The van der Waals surface area contributed by atoms with Crippen LogP contribution in [0.25, 0.3) is 0 Å². The maximum Gasteiger partial charge on any atom is 0.251 e. The van der Waals surface area contributed by atoms with Crippen LogP contribution in [0.1, 0.15) is 37.0 Å². The van der Waals surface area contributed by atoms with Crippen molar-refractivity contribution in [3.63, 3.8) is 0 Å². The summed E-state index contributed by atoms with van der Waals surface area (Å²) in [5.74, 6) is -0.474. The maximum absolute atomic E-state index is 12.7. The van der Waals surface area contributed by atoms with Crippen LogP contribution >= 0.6 is 0 Å². The normalized spacial score (nSPS) is 14.9. The predicted molar refractivity (Wildman–Crippen MR) is 109 cm³/mol. The molecule has 2 N–H and O–H groups in total. The lowest BCUT2D eigenvalue weighted by atomic mass is 10.0. The van der Waals surface area contributed by atoms with E-state index in [-0.39, 0.29) is 17.7 Å². The lowest BCUT2D eigenvalue weighted by molar-refractivity contribution is -0.118. The number of carbonyl (C=O) groups is 2. The van der Waals surface area contributed by atoms with E-state index in [0.717, 1.165) is 18.8 Å². The Labute approximate surface area is 160 Å². The fraction of sp³-hybridized carbons (Fsp3) is 0.364. The van der Waals surface area contributed by atoms with Gasteiger partial charge in [-0.05, 0) is 55.2 Å². The monoisotopic (exact) mass is 365 g/mol. The Hall–Kier alpha value is -2.82. The summed E-state index contributed by atoms with van der Waals surface area (Å²) in [4.78, 5) is 27.5. The molecule has 1 saturated heterocycles. The highest BCUT2D eigenvalue weighted by Crippen LogP contribution is 2.22. The molecule has 142 valence electrons. The average molecular weight is 365 g/mol. The van der Waals surface area contributed by atoms with E-state index in [1.165, 1.54) is 18.5 Å². The van der Waals surface area contributed by atoms with Crippen LogP contribution in [0.4, 0.5) is 11.4 Å². The van der Waals surface area contributed by atoms with Gasteiger partial charge < -0.3 is 15.5 Å². The van der Waals surface area contributed by atoms with Crippen LogP contribution in [0.3, 0.4) is 0 Å². The summed E-state index contributed by atoms with van der Waals surface area (Å²) in [6.45, 7) is 6.03. The van der Waals surface area contributed by atoms with Gasteiger partial charge in [0.25, 0.3) is 5.91 Å². The Morgan fingerprint density at radius 2 is 1.56 bits per heavy atom. The van der Waals surface area contributed by atoms with Gasteiger partial charge in [-0.2, -0.15) is 0 Å². The SMILES string of the molecule is CC(C)C(NC(=O)c1ccccc1)C(=O)Nc1ccc(N2CCCC2)cc1. The highest BCUT2D eigenvalue weighted by Gasteiger charge is 2.24. The number of benzene rings is 2. The van der Waals surface area contributed by atoms with Gasteiger partial charge in [0.15, 0.2) is 0 Å². The molecule has 1 atom stereocenters. The van der Waals surface area contributed by atoms with E-state index in [1.807, 2.05) is 44.2 Å². The number of rotatable bonds is 6. The summed E-state index contributed by atoms with van der Waals surface area (Å²) >= 11 is 0. The van der Waals surface area contributed by atoms with Gasteiger partial charge in [0, 0.05) is 30.0 Å². The van der Waals surface area contributed by atoms with Gasteiger partial charge >= 0.3 is 0 Å². The van der Waals surface area contributed by atoms with Crippen LogP contribution in [0.5, 0.6) is 0 Å². The predicted octanol–water partition coefficient (Wildman–Crippen LogP) is 3.68. The number of nitrogens with one attached hydrogen (secondary N) is 2. The Bertz CT molecular complexity index is 766. The largest absolute Gasteiger partial charge is 0.372 e. The fourth-order valence-corrected chi connectivity index (χ4v) is 3.30. The molecule has 1 heterocycles. The molecule has 1 fully saturated rings. The molecular weight excluding hydrogens is 338 g/mol. The molecule has 1 aliphatic rings. The van der Waals surface area contributed by atoms with Crippen molar-refractivity contribution in [3.8, 4) is 0 Å². The van der Waals surface area contributed by atoms with Crippen LogP contribution in [0.15, 0.2) is 54.6 Å². The van der Waals surface area contributed by atoms with Crippen molar-refractivity contribution in [1.29, 1.82) is 0 Å². The van der Waals surface area contributed by atoms with E-state index < -0.39 is 6.04 Å². The van der Waals surface area contributed by atoms with Gasteiger partial charge in [-0.1, -0.05) is 32.0 Å².